The standard InChI is InChI=1S/C15H21NO3S/c17-11-12-4-2-8-16(10-12)15(19)7-1-5-13(18)14-6-3-9-20-14/h3,6,9,12,17H,1-2,4-5,7-8,10-11H2. The molecule has 1 fully saturated rings. The van der Waals surface area contributed by atoms with Crippen LogP contribution in [0.25, 0.3) is 0 Å². The largest absolute Gasteiger partial charge is 0.396 e. The van der Waals surface area contributed by atoms with E-state index in [0.717, 1.165) is 24.3 Å². The van der Waals surface area contributed by atoms with Gasteiger partial charge in [0.1, 0.15) is 0 Å². The SMILES string of the molecule is O=C(CCCC(=O)N1CCCC(CO)C1)c1cccs1. The van der Waals surface area contributed by atoms with E-state index in [1.165, 1.54) is 11.3 Å². The third kappa shape index (κ3) is 4.15. The quantitative estimate of drug-likeness (QED) is 0.820. The van der Waals surface area contributed by atoms with Gasteiger partial charge in [-0.1, -0.05) is 6.07 Å². The molecule has 1 amide bonds. The molecule has 1 aromatic rings. The van der Waals surface area contributed by atoms with Crippen LogP contribution in [0.2, 0.25) is 0 Å². The Morgan fingerprint density at radius 2 is 2.25 bits per heavy atom. The molecule has 110 valence electrons. The van der Waals surface area contributed by atoms with Crippen molar-refractivity contribution < 1.29 is 14.7 Å². The molecule has 1 aliphatic heterocycles. The number of piperidine rings is 1. The number of hydrogen-bond donors (Lipinski definition) is 1. The van der Waals surface area contributed by atoms with E-state index in [1.54, 1.807) is 0 Å². The van der Waals surface area contributed by atoms with E-state index in [4.69, 9.17) is 5.11 Å². The van der Waals surface area contributed by atoms with E-state index in [9.17, 15) is 9.59 Å². The number of hydrogen-bond acceptors (Lipinski definition) is 4. The first kappa shape index (κ1) is 15.2. The van der Waals surface area contributed by atoms with Gasteiger partial charge in [-0.05, 0) is 36.6 Å². The molecule has 1 unspecified atom stereocenters. The van der Waals surface area contributed by atoms with Crippen LogP contribution in [0.4, 0.5) is 0 Å². The molecular formula is C15H21NO3S. The summed E-state index contributed by atoms with van der Waals surface area (Å²) in [6, 6.07) is 3.69. The highest BCUT2D eigenvalue weighted by atomic mass is 32.1. The van der Waals surface area contributed by atoms with Crippen LogP contribution in [0.15, 0.2) is 17.5 Å². The van der Waals surface area contributed by atoms with Gasteiger partial charge in [-0.25, -0.2) is 0 Å². The van der Waals surface area contributed by atoms with E-state index in [-0.39, 0.29) is 24.2 Å². The number of ketones is 1. The smallest absolute Gasteiger partial charge is 0.222 e. The normalized spacial score (nSPS) is 19.1. The maximum Gasteiger partial charge on any atom is 0.222 e. The topological polar surface area (TPSA) is 57.6 Å². The summed E-state index contributed by atoms with van der Waals surface area (Å²) in [5.74, 6) is 0.460. The fourth-order valence-electron chi connectivity index (χ4n) is 2.56. The lowest BCUT2D eigenvalue weighted by Crippen LogP contribution is -2.40. The second-order valence-corrected chi connectivity index (χ2v) is 6.23. The Balaban J connectivity index is 1.71. The fourth-order valence-corrected chi connectivity index (χ4v) is 3.25. The van der Waals surface area contributed by atoms with Gasteiger partial charge in [0.2, 0.25) is 5.91 Å². The number of carbonyl (C=O) groups excluding carboxylic acids is 2. The summed E-state index contributed by atoms with van der Waals surface area (Å²) in [7, 11) is 0. The molecule has 0 spiro atoms. The summed E-state index contributed by atoms with van der Waals surface area (Å²) in [5.41, 5.74) is 0. The van der Waals surface area contributed by atoms with Crippen LogP contribution >= 0.6 is 11.3 Å². The molecule has 1 N–H and O–H groups in total. The molecule has 1 atom stereocenters. The highest BCUT2D eigenvalue weighted by molar-refractivity contribution is 7.12. The number of aliphatic hydroxyl groups is 1. The Morgan fingerprint density at radius 3 is 2.95 bits per heavy atom. The van der Waals surface area contributed by atoms with Crippen molar-refractivity contribution in [1.82, 2.24) is 4.90 Å². The summed E-state index contributed by atoms with van der Waals surface area (Å²) in [6.45, 7) is 1.60. The lowest BCUT2D eigenvalue weighted by Gasteiger charge is -2.31. The van der Waals surface area contributed by atoms with Crippen LogP contribution < -0.4 is 0 Å². The van der Waals surface area contributed by atoms with Crippen LogP contribution in [0.5, 0.6) is 0 Å². The van der Waals surface area contributed by atoms with E-state index in [0.29, 0.717) is 25.8 Å². The Morgan fingerprint density at radius 1 is 1.40 bits per heavy atom. The van der Waals surface area contributed by atoms with Crippen molar-refractivity contribution in [2.45, 2.75) is 32.1 Å². The Hall–Kier alpha value is -1.20. The zero-order valence-electron chi connectivity index (χ0n) is 11.6. The van der Waals surface area contributed by atoms with Gasteiger partial charge in [-0.15, -0.1) is 11.3 Å². The van der Waals surface area contributed by atoms with Gasteiger partial charge in [-0.2, -0.15) is 0 Å². The van der Waals surface area contributed by atoms with Crippen LogP contribution in [-0.2, 0) is 4.79 Å². The average Bonchev–Trinajstić information content (AvgIpc) is 3.01. The number of carbonyl (C=O) groups is 2. The molecule has 0 aliphatic carbocycles. The number of Topliss-reactive ketones (excluding diaryl/α,β-unsaturated/α-hetero) is 1. The first-order valence-corrected chi connectivity index (χ1v) is 8.04. The van der Waals surface area contributed by atoms with Gasteiger partial charge in [0.15, 0.2) is 5.78 Å². The molecule has 2 rings (SSSR count). The number of thiophene rings is 1. The molecule has 0 bridgehead atoms. The summed E-state index contributed by atoms with van der Waals surface area (Å²) >= 11 is 1.45. The summed E-state index contributed by atoms with van der Waals surface area (Å²) in [6.07, 6.45) is 3.43. The minimum absolute atomic E-state index is 0.113. The maximum atomic E-state index is 12.1. The lowest BCUT2D eigenvalue weighted by molar-refractivity contribution is -0.133. The Kier molecular flexibility index (Phi) is 5.73. The third-order valence-corrected chi connectivity index (χ3v) is 4.63. The van der Waals surface area contributed by atoms with Crippen LogP contribution in [-0.4, -0.2) is 41.4 Å². The van der Waals surface area contributed by atoms with Crippen molar-refractivity contribution in [2.75, 3.05) is 19.7 Å². The molecule has 0 saturated carbocycles. The van der Waals surface area contributed by atoms with E-state index >= 15 is 0 Å². The maximum absolute atomic E-state index is 12.1. The van der Waals surface area contributed by atoms with Gasteiger partial charge in [0, 0.05) is 32.5 Å². The molecule has 0 aromatic carbocycles. The summed E-state index contributed by atoms with van der Waals surface area (Å²) in [4.78, 5) is 26.5. The van der Waals surface area contributed by atoms with E-state index in [2.05, 4.69) is 0 Å². The predicted molar refractivity (Wildman–Crippen MR) is 78.9 cm³/mol. The zero-order valence-corrected chi connectivity index (χ0v) is 12.4. The number of aliphatic hydroxyl groups excluding tert-OH is 1. The number of nitrogens with zero attached hydrogens (tertiary/aromatic N) is 1. The fraction of sp³-hybridized carbons (Fsp3) is 0.600. The molecule has 5 heteroatoms. The minimum atomic E-state index is 0.113. The molecule has 2 heterocycles. The second kappa shape index (κ2) is 7.55. The van der Waals surface area contributed by atoms with E-state index in [1.807, 2.05) is 22.4 Å². The number of amides is 1. The van der Waals surface area contributed by atoms with Crippen LogP contribution in [0, 0.1) is 5.92 Å². The average molecular weight is 295 g/mol. The van der Waals surface area contributed by atoms with Gasteiger partial charge < -0.3 is 10.0 Å². The van der Waals surface area contributed by atoms with Crippen molar-refractivity contribution in [3.8, 4) is 0 Å². The minimum Gasteiger partial charge on any atom is -0.396 e. The van der Waals surface area contributed by atoms with Crippen LogP contribution in [0.3, 0.4) is 0 Å². The number of likely N-dealkylation sites (tertiary alicyclic amines) is 1. The highest BCUT2D eigenvalue weighted by Crippen LogP contribution is 2.18. The van der Waals surface area contributed by atoms with Gasteiger partial charge >= 0.3 is 0 Å². The Labute approximate surface area is 123 Å². The van der Waals surface area contributed by atoms with Crippen molar-refractivity contribution in [1.29, 1.82) is 0 Å². The van der Waals surface area contributed by atoms with Gasteiger partial charge in [0.05, 0.1) is 4.88 Å². The van der Waals surface area contributed by atoms with Gasteiger partial charge in [0.25, 0.3) is 0 Å². The molecule has 1 aliphatic rings. The lowest BCUT2D eigenvalue weighted by atomic mass is 9.98. The van der Waals surface area contributed by atoms with Crippen LogP contribution in [0.1, 0.15) is 41.8 Å². The predicted octanol–water partition coefficient (Wildman–Crippen LogP) is 2.33. The molecule has 4 nitrogen and oxygen atoms in total. The molecule has 1 saturated heterocycles. The first-order valence-electron chi connectivity index (χ1n) is 7.16. The second-order valence-electron chi connectivity index (χ2n) is 5.28. The first-order chi connectivity index (χ1) is 9.70. The number of rotatable bonds is 6. The van der Waals surface area contributed by atoms with E-state index < -0.39 is 0 Å². The summed E-state index contributed by atoms with van der Waals surface area (Å²) in [5, 5.41) is 11.1. The Bertz CT molecular complexity index is 444. The van der Waals surface area contributed by atoms with Crippen molar-refractivity contribution in [3.63, 3.8) is 0 Å². The highest BCUT2D eigenvalue weighted by Gasteiger charge is 2.22. The molecule has 20 heavy (non-hydrogen) atoms. The zero-order chi connectivity index (χ0) is 14.4. The van der Waals surface area contributed by atoms with Gasteiger partial charge in [-0.3, -0.25) is 9.59 Å². The summed E-state index contributed by atoms with van der Waals surface area (Å²) < 4.78 is 0. The third-order valence-electron chi connectivity index (χ3n) is 3.72. The molecule has 0 radical (unpaired) electrons. The van der Waals surface area contributed by atoms with Crippen molar-refractivity contribution in [2.24, 2.45) is 5.92 Å². The van der Waals surface area contributed by atoms with Crippen molar-refractivity contribution >= 4 is 23.0 Å². The molecular weight excluding hydrogens is 274 g/mol. The van der Waals surface area contributed by atoms with Crippen molar-refractivity contribution in [3.05, 3.63) is 22.4 Å². The molecule has 1 aromatic heterocycles. The monoisotopic (exact) mass is 295 g/mol.